The average molecular weight is 433 g/mol. The molecule has 2 atom stereocenters. The molecule has 2 aliphatic rings. The maximum Gasteiger partial charge on any atom is 0.240 e. The summed E-state index contributed by atoms with van der Waals surface area (Å²) in [6.45, 7) is 2.26. The fourth-order valence-electron chi connectivity index (χ4n) is 4.62. The van der Waals surface area contributed by atoms with Gasteiger partial charge in [-0.1, -0.05) is 90.4 Å². The van der Waals surface area contributed by atoms with Crippen LogP contribution in [0.1, 0.15) is 122 Å². The number of Topliss-reactive ketones (excluding diaryl/α,β-unsaturated/α-hetero) is 1. The van der Waals surface area contributed by atoms with Crippen LogP contribution in [0.25, 0.3) is 0 Å². The van der Waals surface area contributed by atoms with E-state index in [-0.39, 0.29) is 23.7 Å². The van der Waals surface area contributed by atoms with Gasteiger partial charge in [0.25, 0.3) is 0 Å². The minimum atomic E-state index is -0.0837. The molecule has 0 spiro atoms. The number of nitrogens with one attached hydrogen (secondary N) is 1. The number of hydrazone groups is 1. The Morgan fingerprint density at radius 1 is 0.968 bits per heavy atom. The first-order chi connectivity index (χ1) is 15.2. The minimum Gasteiger partial charge on any atom is -0.496 e. The minimum absolute atomic E-state index is 0.0311. The number of hydrogen-bond acceptors (Lipinski definition) is 4. The highest BCUT2D eigenvalue weighted by atomic mass is 16.5. The van der Waals surface area contributed by atoms with Gasteiger partial charge in [-0.3, -0.25) is 9.59 Å². The van der Waals surface area contributed by atoms with E-state index in [1.54, 1.807) is 0 Å². The lowest BCUT2D eigenvalue weighted by atomic mass is 9.80. The van der Waals surface area contributed by atoms with Crippen molar-refractivity contribution in [3.63, 3.8) is 0 Å². The Hall–Kier alpha value is -1.65. The van der Waals surface area contributed by atoms with Gasteiger partial charge in [0.2, 0.25) is 5.91 Å². The fraction of sp³-hybridized carbons (Fsp3) is 0.808. The van der Waals surface area contributed by atoms with Crippen molar-refractivity contribution in [3.8, 4) is 0 Å². The Labute approximate surface area is 189 Å². The van der Waals surface area contributed by atoms with E-state index in [9.17, 15) is 9.59 Å². The molecule has 0 aromatic carbocycles. The Morgan fingerprint density at radius 3 is 2.19 bits per heavy atom. The molecule has 2 rings (SSSR count). The summed E-state index contributed by atoms with van der Waals surface area (Å²) in [5.41, 5.74) is 3.01. The standard InChI is InChI=1S/C26H44N2O3/c1-2-3-4-5-6-7-8-9-10-11-12-13-14-19-25(29)28-27-20-22-21-31-24-18-16-15-17-23(24)26(22)30/h20-21,23-24H,2-19H2,1H3,(H,28,29)/b27-20+. The number of ether oxygens (including phenoxy) is 1. The molecule has 5 heteroatoms. The molecule has 0 aromatic heterocycles. The highest BCUT2D eigenvalue weighted by Gasteiger charge is 2.36. The number of amides is 1. The molecule has 1 N–H and O–H groups in total. The third-order valence-electron chi connectivity index (χ3n) is 6.59. The Bertz CT molecular complexity index is 585. The lowest BCUT2D eigenvalue weighted by Gasteiger charge is -2.33. The van der Waals surface area contributed by atoms with Gasteiger partial charge in [-0.15, -0.1) is 0 Å². The molecule has 2 unspecified atom stereocenters. The van der Waals surface area contributed by atoms with Crippen LogP contribution in [0, 0.1) is 5.92 Å². The zero-order chi connectivity index (χ0) is 22.2. The van der Waals surface area contributed by atoms with Gasteiger partial charge in [-0.25, -0.2) is 5.43 Å². The topological polar surface area (TPSA) is 67.8 Å². The zero-order valence-electron chi connectivity index (χ0n) is 19.7. The number of nitrogens with zero attached hydrogens (tertiary/aromatic N) is 1. The number of fused-ring (bicyclic) bond motifs is 1. The number of carbonyl (C=O) groups excluding carboxylic acids is 2. The lowest BCUT2D eigenvalue weighted by Crippen LogP contribution is -2.37. The molecule has 31 heavy (non-hydrogen) atoms. The van der Waals surface area contributed by atoms with E-state index in [2.05, 4.69) is 17.5 Å². The molecule has 0 aromatic rings. The van der Waals surface area contributed by atoms with Crippen molar-refractivity contribution in [3.05, 3.63) is 11.8 Å². The first kappa shape index (κ1) is 25.6. The molecule has 1 aliphatic heterocycles. The summed E-state index contributed by atoms with van der Waals surface area (Å²) in [6, 6.07) is 0. The SMILES string of the molecule is CCCCCCCCCCCCCCCC(=O)N/N=C/C1=COC2CCCCC2C1=O. The largest absolute Gasteiger partial charge is 0.496 e. The van der Waals surface area contributed by atoms with Crippen LogP contribution in [0.3, 0.4) is 0 Å². The van der Waals surface area contributed by atoms with Crippen molar-refractivity contribution in [1.29, 1.82) is 0 Å². The van der Waals surface area contributed by atoms with E-state index in [1.165, 1.54) is 83.1 Å². The molecule has 1 fully saturated rings. The van der Waals surface area contributed by atoms with E-state index in [1.807, 2.05) is 0 Å². The predicted octanol–water partition coefficient (Wildman–Crippen LogP) is 6.61. The van der Waals surface area contributed by atoms with Crippen LogP contribution in [0.4, 0.5) is 0 Å². The molecule has 5 nitrogen and oxygen atoms in total. The van der Waals surface area contributed by atoms with Crippen molar-refractivity contribution in [1.82, 2.24) is 5.43 Å². The number of carbonyl (C=O) groups is 2. The van der Waals surface area contributed by atoms with Gasteiger partial charge in [0.1, 0.15) is 6.10 Å². The normalized spacial score (nSPS) is 20.9. The van der Waals surface area contributed by atoms with Crippen molar-refractivity contribution < 1.29 is 14.3 Å². The van der Waals surface area contributed by atoms with E-state index in [0.717, 1.165) is 38.5 Å². The lowest BCUT2D eigenvalue weighted by molar-refractivity contribution is -0.126. The third kappa shape index (κ3) is 10.5. The van der Waals surface area contributed by atoms with Crippen LogP contribution in [0.15, 0.2) is 16.9 Å². The molecule has 176 valence electrons. The maximum atomic E-state index is 12.5. The monoisotopic (exact) mass is 432 g/mol. The van der Waals surface area contributed by atoms with E-state index in [4.69, 9.17) is 4.74 Å². The van der Waals surface area contributed by atoms with Gasteiger partial charge in [-0.05, 0) is 25.7 Å². The van der Waals surface area contributed by atoms with Crippen molar-refractivity contribution >= 4 is 17.9 Å². The van der Waals surface area contributed by atoms with Gasteiger partial charge in [0.05, 0.1) is 24.0 Å². The van der Waals surface area contributed by atoms with Crippen molar-refractivity contribution in [2.45, 2.75) is 129 Å². The van der Waals surface area contributed by atoms with E-state index in [0.29, 0.717) is 12.0 Å². The smallest absolute Gasteiger partial charge is 0.240 e. The molecule has 1 amide bonds. The highest BCUT2D eigenvalue weighted by molar-refractivity contribution is 6.14. The first-order valence-corrected chi connectivity index (χ1v) is 12.9. The Morgan fingerprint density at radius 2 is 1.55 bits per heavy atom. The summed E-state index contributed by atoms with van der Waals surface area (Å²) in [6.07, 6.45) is 24.3. The maximum absolute atomic E-state index is 12.5. The number of allylic oxidation sites excluding steroid dienone is 1. The number of ketones is 1. The second-order valence-electron chi connectivity index (χ2n) is 9.29. The molecule has 1 heterocycles. The summed E-state index contributed by atoms with van der Waals surface area (Å²) in [7, 11) is 0. The van der Waals surface area contributed by atoms with Gasteiger partial charge in [-0.2, -0.15) is 5.10 Å². The third-order valence-corrected chi connectivity index (χ3v) is 6.59. The van der Waals surface area contributed by atoms with Crippen LogP contribution < -0.4 is 5.43 Å². The summed E-state index contributed by atoms with van der Waals surface area (Å²) >= 11 is 0. The summed E-state index contributed by atoms with van der Waals surface area (Å²) in [5.74, 6) is -0.0215. The van der Waals surface area contributed by atoms with Crippen molar-refractivity contribution in [2.24, 2.45) is 11.0 Å². The first-order valence-electron chi connectivity index (χ1n) is 12.9. The fourth-order valence-corrected chi connectivity index (χ4v) is 4.62. The van der Waals surface area contributed by atoms with Gasteiger partial charge >= 0.3 is 0 Å². The molecule has 1 aliphatic carbocycles. The Balaban J connectivity index is 1.43. The molecular weight excluding hydrogens is 388 g/mol. The van der Waals surface area contributed by atoms with Crippen LogP contribution in [0.5, 0.6) is 0 Å². The van der Waals surface area contributed by atoms with Gasteiger partial charge < -0.3 is 4.74 Å². The molecule has 0 bridgehead atoms. The summed E-state index contributed by atoms with van der Waals surface area (Å²) in [5, 5.41) is 3.97. The molecule has 0 saturated heterocycles. The van der Waals surface area contributed by atoms with Crippen LogP contribution in [-0.4, -0.2) is 24.0 Å². The van der Waals surface area contributed by atoms with E-state index < -0.39 is 0 Å². The quantitative estimate of drug-likeness (QED) is 0.169. The van der Waals surface area contributed by atoms with Crippen molar-refractivity contribution in [2.75, 3.05) is 0 Å². The van der Waals surface area contributed by atoms with Crippen LogP contribution in [0.2, 0.25) is 0 Å². The molecule has 1 saturated carbocycles. The van der Waals surface area contributed by atoms with Gasteiger partial charge in [0.15, 0.2) is 5.78 Å². The van der Waals surface area contributed by atoms with E-state index >= 15 is 0 Å². The second kappa shape index (κ2) is 16.0. The molecule has 0 radical (unpaired) electrons. The molecular formula is C26H44N2O3. The number of rotatable bonds is 16. The van der Waals surface area contributed by atoms with Crippen LogP contribution >= 0.6 is 0 Å². The summed E-state index contributed by atoms with van der Waals surface area (Å²) in [4.78, 5) is 24.4. The second-order valence-corrected chi connectivity index (χ2v) is 9.29. The predicted molar refractivity (Wildman–Crippen MR) is 127 cm³/mol. The van der Waals surface area contributed by atoms with Crippen LogP contribution in [-0.2, 0) is 14.3 Å². The van der Waals surface area contributed by atoms with Gasteiger partial charge in [0, 0.05) is 6.42 Å². The number of unbranched alkanes of at least 4 members (excludes halogenated alkanes) is 12. The Kier molecular flexibility index (Phi) is 13.3. The summed E-state index contributed by atoms with van der Waals surface area (Å²) < 4.78 is 5.69. The average Bonchev–Trinajstić information content (AvgIpc) is 2.78. The highest BCUT2D eigenvalue weighted by Crippen LogP contribution is 2.32. The zero-order valence-corrected chi connectivity index (χ0v) is 19.7. The number of hydrogen-bond donors (Lipinski definition) is 1.